The molecular formula is C15H18FNO3. The first kappa shape index (κ1) is 14.5. The Morgan fingerprint density at radius 2 is 2.05 bits per heavy atom. The van der Waals surface area contributed by atoms with E-state index in [0.717, 1.165) is 0 Å². The summed E-state index contributed by atoms with van der Waals surface area (Å²) in [4.78, 5) is 25.1. The molecule has 1 aromatic rings. The van der Waals surface area contributed by atoms with Gasteiger partial charge in [0.2, 0.25) is 5.91 Å². The standard InChI is InChI=1S/C15H18FNO3/c1-8-6-11(4-5-12(8)16)17-10(3)14(15(19)20)9(2)7-13(17)18/h4-6,9-10,14H,7H2,1-3H3,(H,19,20). The second kappa shape index (κ2) is 5.23. The zero-order valence-corrected chi connectivity index (χ0v) is 11.8. The Kier molecular flexibility index (Phi) is 3.79. The molecule has 5 heteroatoms. The fraction of sp³-hybridized carbons (Fsp3) is 0.467. The second-order valence-electron chi connectivity index (χ2n) is 5.48. The number of carbonyl (C=O) groups is 2. The number of piperidine rings is 1. The molecule has 1 N–H and O–H groups in total. The highest BCUT2D eigenvalue weighted by Crippen LogP contribution is 2.34. The fourth-order valence-corrected chi connectivity index (χ4v) is 2.97. The topological polar surface area (TPSA) is 57.6 Å². The van der Waals surface area contributed by atoms with Gasteiger partial charge >= 0.3 is 5.97 Å². The van der Waals surface area contributed by atoms with Crippen molar-refractivity contribution >= 4 is 17.6 Å². The SMILES string of the molecule is Cc1cc(N2C(=O)CC(C)C(C(=O)O)C2C)ccc1F. The lowest BCUT2D eigenvalue weighted by molar-refractivity contribution is -0.146. The van der Waals surface area contributed by atoms with Crippen LogP contribution in [0.2, 0.25) is 0 Å². The van der Waals surface area contributed by atoms with E-state index in [0.29, 0.717) is 11.3 Å². The van der Waals surface area contributed by atoms with Crippen molar-refractivity contribution in [2.24, 2.45) is 11.8 Å². The molecule has 1 aliphatic heterocycles. The van der Waals surface area contributed by atoms with Crippen molar-refractivity contribution in [2.75, 3.05) is 4.90 Å². The van der Waals surface area contributed by atoms with Gasteiger partial charge < -0.3 is 10.0 Å². The van der Waals surface area contributed by atoms with Crippen molar-refractivity contribution in [2.45, 2.75) is 33.2 Å². The highest BCUT2D eigenvalue weighted by atomic mass is 19.1. The normalized spacial score (nSPS) is 26.7. The maximum atomic E-state index is 13.3. The van der Waals surface area contributed by atoms with Crippen LogP contribution in [-0.2, 0) is 9.59 Å². The smallest absolute Gasteiger partial charge is 0.308 e. The van der Waals surface area contributed by atoms with Crippen LogP contribution in [-0.4, -0.2) is 23.0 Å². The van der Waals surface area contributed by atoms with Crippen LogP contribution >= 0.6 is 0 Å². The number of aryl methyl sites for hydroxylation is 1. The van der Waals surface area contributed by atoms with Gasteiger partial charge in [0, 0.05) is 18.2 Å². The Bertz CT molecular complexity index is 558. The molecular weight excluding hydrogens is 261 g/mol. The lowest BCUT2D eigenvalue weighted by Crippen LogP contribution is -2.53. The summed E-state index contributed by atoms with van der Waals surface area (Å²) in [7, 11) is 0. The van der Waals surface area contributed by atoms with Crippen LogP contribution in [0, 0.1) is 24.6 Å². The molecule has 20 heavy (non-hydrogen) atoms. The molecule has 0 aromatic heterocycles. The van der Waals surface area contributed by atoms with Crippen molar-refractivity contribution < 1.29 is 19.1 Å². The van der Waals surface area contributed by atoms with E-state index in [2.05, 4.69) is 0 Å². The van der Waals surface area contributed by atoms with Gasteiger partial charge in [0.15, 0.2) is 0 Å². The quantitative estimate of drug-likeness (QED) is 0.905. The van der Waals surface area contributed by atoms with E-state index in [1.54, 1.807) is 26.8 Å². The first-order valence-electron chi connectivity index (χ1n) is 6.64. The molecule has 0 aliphatic carbocycles. The number of halogens is 1. The van der Waals surface area contributed by atoms with Gasteiger partial charge in [0.1, 0.15) is 5.82 Å². The Morgan fingerprint density at radius 1 is 1.40 bits per heavy atom. The summed E-state index contributed by atoms with van der Waals surface area (Å²) in [6, 6.07) is 3.96. The minimum Gasteiger partial charge on any atom is -0.481 e. The predicted molar refractivity (Wildman–Crippen MR) is 73.0 cm³/mol. The third kappa shape index (κ3) is 2.40. The largest absolute Gasteiger partial charge is 0.481 e. The molecule has 108 valence electrons. The van der Waals surface area contributed by atoms with E-state index >= 15 is 0 Å². The number of rotatable bonds is 2. The number of aliphatic carboxylic acids is 1. The van der Waals surface area contributed by atoms with E-state index in [1.165, 1.54) is 17.0 Å². The molecule has 1 aliphatic rings. The summed E-state index contributed by atoms with van der Waals surface area (Å²) >= 11 is 0. The number of hydrogen-bond acceptors (Lipinski definition) is 2. The Hall–Kier alpha value is -1.91. The average Bonchev–Trinajstić information content (AvgIpc) is 2.32. The minimum atomic E-state index is -0.902. The molecule has 2 rings (SSSR count). The molecule has 0 saturated carbocycles. The summed E-state index contributed by atoms with van der Waals surface area (Å²) in [6.45, 7) is 5.13. The molecule has 1 aromatic carbocycles. The summed E-state index contributed by atoms with van der Waals surface area (Å²) in [5.41, 5.74) is 0.993. The molecule has 3 unspecified atom stereocenters. The van der Waals surface area contributed by atoms with Crippen LogP contribution in [0.15, 0.2) is 18.2 Å². The summed E-state index contributed by atoms with van der Waals surface area (Å²) < 4.78 is 13.3. The van der Waals surface area contributed by atoms with Gasteiger partial charge in [-0.25, -0.2) is 4.39 Å². The highest BCUT2D eigenvalue weighted by Gasteiger charge is 2.42. The maximum absolute atomic E-state index is 13.3. The van der Waals surface area contributed by atoms with Crippen molar-refractivity contribution in [3.05, 3.63) is 29.6 Å². The number of carboxylic acid groups (broad SMARTS) is 1. The van der Waals surface area contributed by atoms with E-state index in [9.17, 15) is 19.1 Å². The van der Waals surface area contributed by atoms with Crippen LogP contribution in [0.1, 0.15) is 25.8 Å². The molecule has 0 radical (unpaired) electrons. The third-order valence-corrected chi connectivity index (χ3v) is 4.01. The second-order valence-corrected chi connectivity index (χ2v) is 5.48. The number of carbonyl (C=O) groups excluding carboxylic acids is 1. The number of carboxylic acids is 1. The van der Waals surface area contributed by atoms with E-state index < -0.39 is 17.9 Å². The minimum absolute atomic E-state index is 0.117. The number of nitrogens with zero attached hydrogens (tertiary/aromatic N) is 1. The van der Waals surface area contributed by atoms with Gasteiger partial charge in [0.05, 0.1) is 5.92 Å². The van der Waals surface area contributed by atoms with Crippen LogP contribution < -0.4 is 4.90 Å². The zero-order valence-electron chi connectivity index (χ0n) is 11.8. The van der Waals surface area contributed by atoms with Gasteiger partial charge in [0.25, 0.3) is 0 Å². The molecule has 0 bridgehead atoms. The van der Waals surface area contributed by atoms with Crippen molar-refractivity contribution in [1.29, 1.82) is 0 Å². The van der Waals surface area contributed by atoms with Crippen LogP contribution in [0.3, 0.4) is 0 Å². The molecule has 1 amide bonds. The number of amides is 1. The maximum Gasteiger partial charge on any atom is 0.308 e. The average molecular weight is 279 g/mol. The van der Waals surface area contributed by atoms with E-state index in [-0.39, 0.29) is 24.1 Å². The van der Waals surface area contributed by atoms with Gasteiger partial charge in [-0.1, -0.05) is 6.92 Å². The highest BCUT2D eigenvalue weighted by molar-refractivity contribution is 5.96. The summed E-state index contributed by atoms with van der Waals surface area (Å²) in [6.07, 6.45) is 0.192. The predicted octanol–water partition coefficient (Wildman–Crippen LogP) is 2.60. The number of benzene rings is 1. The van der Waals surface area contributed by atoms with Gasteiger partial charge in [-0.15, -0.1) is 0 Å². The summed E-state index contributed by atoms with van der Waals surface area (Å²) in [5.74, 6) is -2.17. The fourth-order valence-electron chi connectivity index (χ4n) is 2.97. The van der Waals surface area contributed by atoms with E-state index in [1.807, 2.05) is 0 Å². The first-order valence-corrected chi connectivity index (χ1v) is 6.64. The Labute approximate surface area is 117 Å². The third-order valence-electron chi connectivity index (χ3n) is 4.01. The van der Waals surface area contributed by atoms with Crippen molar-refractivity contribution in [1.82, 2.24) is 0 Å². The van der Waals surface area contributed by atoms with E-state index in [4.69, 9.17) is 0 Å². The van der Waals surface area contributed by atoms with Crippen molar-refractivity contribution in [3.8, 4) is 0 Å². The molecule has 3 atom stereocenters. The lowest BCUT2D eigenvalue weighted by Gasteiger charge is -2.40. The Morgan fingerprint density at radius 3 is 2.60 bits per heavy atom. The van der Waals surface area contributed by atoms with Crippen molar-refractivity contribution in [3.63, 3.8) is 0 Å². The van der Waals surface area contributed by atoms with Gasteiger partial charge in [-0.05, 0) is 43.5 Å². The number of hydrogen-bond donors (Lipinski definition) is 1. The lowest BCUT2D eigenvalue weighted by atomic mass is 9.80. The monoisotopic (exact) mass is 279 g/mol. The molecule has 0 spiro atoms. The zero-order chi connectivity index (χ0) is 15.0. The van der Waals surface area contributed by atoms with Crippen LogP contribution in [0.5, 0.6) is 0 Å². The first-order chi connectivity index (χ1) is 9.32. The van der Waals surface area contributed by atoms with Gasteiger partial charge in [-0.2, -0.15) is 0 Å². The molecule has 4 nitrogen and oxygen atoms in total. The molecule has 1 heterocycles. The number of anilines is 1. The van der Waals surface area contributed by atoms with Gasteiger partial charge in [-0.3, -0.25) is 9.59 Å². The summed E-state index contributed by atoms with van der Waals surface area (Å²) in [5, 5.41) is 9.33. The van der Waals surface area contributed by atoms with Crippen LogP contribution in [0.25, 0.3) is 0 Å². The molecule has 1 fully saturated rings. The Balaban J connectivity index is 2.40. The molecule has 1 saturated heterocycles. The van der Waals surface area contributed by atoms with Crippen LogP contribution in [0.4, 0.5) is 10.1 Å².